The Labute approximate surface area is 109 Å². The van der Waals surface area contributed by atoms with Gasteiger partial charge in [-0.2, -0.15) is 23.5 Å². The quantitative estimate of drug-likeness (QED) is 0.856. The molecule has 0 radical (unpaired) electrons. The molecule has 0 saturated carbocycles. The summed E-state index contributed by atoms with van der Waals surface area (Å²) < 4.78 is 5.19. The Bertz CT molecular complexity index is 371. The highest BCUT2D eigenvalue weighted by Crippen LogP contribution is 2.28. The van der Waals surface area contributed by atoms with Crippen LogP contribution < -0.4 is 15.8 Å². The number of ether oxygens (including phenoxy) is 1. The highest BCUT2D eigenvalue weighted by atomic mass is 32.2. The Morgan fingerprint density at radius 1 is 1.53 bits per heavy atom. The summed E-state index contributed by atoms with van der Waals surface area (Å²) in [6.45, 7) is 0.879. The van der Waals surface area contributed by atoms with E-state index < -0.39 is 0 Å². The highest BCUT2D eigenvalue weighted by molar-refractivity contribution is 8.06. The summed E-state index contributed by atoms with van der Waals surface area (Å²) in [6.07, 6.45) is 1.45. The lowest BCUT2D eigenvalue weighted by Crippen LogP contribution is -2.23. The first-order chi connectivity index (χ1) is 8.31. The van der Waals surface area contributed by atoms with Crippen LogP contribution in [0.5, 0.6) is 5.75 Å². The van der Waals surface area contributed by atoms with Gasteiger partial charge in [0.05, 0.1) is 7.11 Å². The molecule has 1 aliphatic rings. The van der Waals surface area contributed by atoms with Crippen molar-refractivity contribution in [2.24, 2.45) is 0 Å². The molecule has 1 aliphatic heterocycles. The molecule has 0 aliphatic carbocycles. The summed E-state index contributed by atoms with van der Waals surface area (Å²) in [5.41, 5.74) is 5.72. The average Bonchev–Trinajstić information content (AvgIpc) is 2.37. The van der Waals surface area contributed by atoms with Crippen molar-refractivity contribution in [3.05, 3.63) is 6.33 Å². The fourth-order valence-corrected chi connectivity index (χ4v) is 4.19. The van der Waals surface area contributed by atoms with Gasteiger partial charge in [-0.25, -0.2) is 9.97 Å². The fourth-order valence-electron chi connectivity index (χ4n) is 1.58. The smallest absolute Gasteiger partial charge is 0.203 e. The Morgan fingerprint density at radius 3 is 3.12 bits per heavy atom. The number of nitrogens with zero attached hydrogens (tertiary/aromatic N) is 2. The summed E-state index contributed by atoms with van der Waals surface area (Å²) in [5, 5.41) is 3.90. The SMILES string of the molecule is COc1c(N)ncnc1NCC1CSCCS1. The van der Waals surface area contributed by atoms with Gasteiger partial charge in [0, 0.05) is 29.1 Å². The molecule has 0 aromatic carbocycles. The zero-order chi connectivity index (χ0) is 12.1. The number of hydrogen-bond donors (Lipinski definition) is 2. The number of rotatable bonds is 4. The topological polar surface area (TPSA) is 73.1 Å². The summed E-state index contributed by atoms with van der Waals surface area (Å²) in [6, 6.07) is 0. The number of thioether (sulfide) groups is 2. The van der Waals surface area contributed by atoms with E-state index in [2.05, 4.69) is 15.3 Å². The van der Waals surface area contributed by atoms with E-state index in [4.69, 9.17) is 10.5 Å². The zero-order valence-corrected chi connectivity index (χ0v) is 11.3. The number of anilines is 2. The van der Waals surface area contributed by atoms with Gasteiger partial charge in [0.25, 0.3) is 0 Å². The molecule has 1 unspecified atom stereocenters. The van der Waals surface area contributed by atoms with Crippen LogP contribution >= 0.6 is 23.5 Å². The average molecular weight is 272 g/mol. The van der Waals surface area contributed by atoms with Crippen LogP contribution in [0.2, 0.25) is 0 Å². The van der Waals surface area contributed by atoms with Crippen LogP contribution in [0.4, 0.5) is 11.6 Å². The molecular formula is C10H16N4OS2. The molecule has 1 aromatic heterocycles. The van der Waals surface area contributed by atoms with Gasteiger partial charge >= 0.3 is 0 Å². The minimum Gasteiger partial charge on any atom is -0.490 e. The molecule has 1 atom stereocenters. The first kappa shape index (κ1) is 12.6. The molecule has 3 N–H and O–H groups in total. The van der Waals surface area contributed by atoms with Gasteiger partial charge in [0.15, 0.2) is 11.6 Å². The second-order valence-electron chi connectivity index (χ2n) is 3.59. The molecular weight excluding hydrogens is 256 g/mol. The molecule has 0 bridgehead atoms. The van der Waals surface area contributed by atoms with Crippen molar-refractivity contribution in [3.63, 3.8) is 0 Å². The first-order valence-electron chi connectivity index (χ1n) is 5.39. The number of nitrogens with two attached hydrogens (primary N) is 1. The van der Waals surface area contributed by atoms with Crippen LogP contribution in [0, 0.1) is 0 Å². The lowest BCUT2D eigenvalue weighted by atomic mass is 10.4. The Morgan fingerprint density at radius 2 is 2.41 bits per heavy atom. The maximum atomic E-state index is 5.72. The van der Waals surface area contributed by atoms with Crippen LogP contribution in [0.1, 0.15) is 0 Å². The lowest BCUT2D eigenvalue weighted by molar-refractivity contribution is 0.415. The second-order valence-corrected chi connectivity index (χ2v) is 6.15. The molecule has 1 aromatic rings. The van der Waals surface area contributed by atoms with E-state index in [1.54, 1.807) is 7.11 Å². The van der Waals surface area contributed by atoms with Crippen molar-refractivity contribution in [1.82, 2.24) is 9.97 Å². The molecule has 7 heteroatoms. The minimum atomic E-state index is 0.371. The standard InChI is InChI=1S/C10H16N4OS2/c1-15-8-9(11)13-6-14-10(8)12-4-7-5-16-2-3-17-7/h6-7H,2-5H2,1H3,(H3,11,12,13,14). The van der Waals surface area contributed by atoms with Crippen LogP contribution in [0.15, 0.2) is 6.33 Å². The van der Waals surface area contributed by atoms with Gasteiger partial charge in [-0.05, 0) is 0 Å². The van der Waals surface area contributed by atoms with E-state index in [9.17, 15) is 0 Å². The molecule has 2 heterocycles. The largest absolute Gasteiger partial charge is 0.490 e. The number of nitrogen functional groups attached to an aromatic ring is 1. The molecule has 0 amide bonds. The van der Waals surface area contributed by atoms with Gasteiger partial charge in [-0.1, -0.05) is 0 Å². The van der Waals surface area contributed by atoms with Crippen LogP contribution in [0.3, 0.4) is 0 Å². The summed E-state index contributed by atoms with van der Waals surface area (Å²) in [4.78, 5) is 8.05. The molecule has 1 saturated heterocycles. The van der Waals surface area contributed by atoms with Crippen LogP contribution in [0.25, 0.3) is 0 Å². The number of hydrogen-bond acceptors (Lipinski definition) is 7. The number of nitrogens with one attached hydrogen (secondary N) is 1. The summed E-state index contributed by atoms with van der Waals surface area (Å²) >= 11 is 4.00. The minimum absolute atomic E-state index is 0.371. The van der Waals surface area contributed by atoms with Gasteiger partial charge < -0.3 is 15.8 Å². The normalized spacial score (nSPS) is 19.9. The fraction of sp³-hybridized carbons (Fsp3) is 0.600. The zero-order valence-electron chi connectivity index (χ0n) is 9.68. The van der Waals surface area contributed by atoms with E-state index in [-0.39, 0.29) is 0 Å². The number of aromatic nitrogens is 2. The van der Waals surface area contributed by atoms with Gasteiger partial charge in [0.1, 0.15) is 6.33 Å². The van der Waals surface area contributed by atoms with Crippen molar-refractivity contribution in [2.45, 2.75) is 5.25 Å². The monoisotopic (exact) mass is 272 g/mol. The number of methoxy groups -OCH3 is 1. The third-order valence-corrected chi connectivity index (χ3v) is 5.26. The first-order valence-corrected chi connectivity index (χ1v) is 7.59. The predicted octanol–water partition coefficient (Wildman–Crippen LogP) is 1.33. The Hall–Kier alpha value is -0.820. The Balaban J connectivity index is 1.95. The predicted molar refractivity (Wildman–Crippen MR) is 75.1 cm³/mol. The summed E-state index contributed by atoms with van der Waals surface area (Å²) in [7, 11) is 1.57. The molecule has 5 nitrogen and oxygen atoms in total. The van der Waals surface area contributed by atoms with E-state index in [1.165, 1.54) is 23.6 Å². The van der Waals surface area contributed by atoms with Gasteiger partial charge in [-0.15, -0.1) is 0 Å². The summed E-state index contributed by atoms with van der Waals surface area (Å²) in [5.74, 6) is 5.23. The molecule has 2 rings (SSSR count). The maximum Gasteiger partial charge on any atom is 0.203 e. The maximum absolute atomic E-state index is 5.72. The van der Waals surface area contributed by atoms with Crippen molar-refractivity contribution >= 4 is 35.2 Å². The molecule has 1 fully saturated rings. The van der Waals surface area contributed by atoms with Gasteiger partial charge in [-0.3, -0.25) is 0 Å². The lowest BCUT2D eigenvalue weighted by Gasteiger charge is -2.21. The van der Waals surface area contributed by atoms with Gasteiger partial charge in [0.2, 0.25) is 5.75 Å². The van der Waals surface area contributed by atoms with E-state index >= 15 is 0 Å². The second kappa shape index (κ2) is 6.20. The van der Waals surface area contributed by atoms with Crippen LogP contribution in [-0.4, -0.2) is 46.1 Å². The van der Waals surface area contributed by atoms with E-state index in [1.807, 2.05) is 23.5 Å². The third-order valence-electron chi connectivity index (χ3n) is 2.42. The van der Waals surface area contributed by atoms with E-state index in [0.29, 0.717) is 22.6 Å². The highest BCUT2D eigenvalue weighted by Gasteiger charge is 2.16. The van der Waals surface area contributed by atoms with Crippen molar-refractivity contribution in [3.8, 4) is 5.75 Å². The van der Waals surface area contributed by atoms with Crippen molar-refractivity contribution in [1.29, 1.82) is 0 Å². The van der Waals surface area contributed by atoms with Crippen molar-refractivity contribution < 1.29 is 4.74 Å². The molecule has 0 spiro atoms. The molecule has 94 valence electrons. The van der Waals surface area contributed by atoms with Crippen molar-refractivity contribution in [2.75, 3.05) is 42.0 Å². The Kier molecular flexibility index (Phi) is 4.61. The molecule has 17 heavy (non-hydrogen) atoms. The van der Waals surface area contributed by atoms with Crippen LogP contribution in [-0.2, 0) is 0 Å². The van der Waals surface area contributed by atoms with E-state index in [0.717, 1.165) is 6.54 Å². The third kappa shape index (κ3) is 3.32.